The fourth-order valence-corrected chi connectivity index (χ4v) is 1.97. The molecule has 0 fully saturated rings. The monoisotopic (exact) mass is 225 g/mol. The van der Waals surface area contributed by atoms with Crippen LogP contribution in [0.2, 0.25) is 0 Å². The van der Waals surface area contributed by atoms with Gasteiger partial charge in [0.25, 0.3) is 5.91 Å². The highest BCUT2D eigenvalue weighted by Crippen LogP contribution is 2.32. The van der Waals surface area contributed by atoms with Crippen molar-refractivity contribution in [2.45, 2.75) is 6.04 Å². The number of benzene rings is 1. The first-order valence-electron chi connectivity index (χ1n) is 5.41. The summed E-state index contributed by atoms with van der Waals surface area (Å²) < 4.78 is 0. The molecule has 0 aliphatic carbocycles. The second-order valence-electron chi connectivity index (χ2n) is 3.90. The van der Waals surface area contributed by atoms with Gasteiger partial charge in [-0.05, 0) is 18.2 Å². The number of fused-ring (bicyclic) bond motifs is 1. The van der Waals surface area contributed by atoms with E-state index in [9.17, 15) is 4.79 Å². The normalized spacial score (nSPS) is 17.4. The average molecular weight is 225 g/mol. The fraction of sp³-hybridized carbons (Fsp3) is 0.0769. The number of amides is 1. The molecular formula is C13H11N3O. The zero-order valence-electron chi connectivity index (χ0n) is 9.05. The number of aromatic nitrogens is 1. The predicted molar refractivity (Wildman–Crippen MR) is 65.7 cm³/mol. The van der Waals surface area contributed by atoms with E-state index in [2.05, 4.69) is 15.6 Å². The Morgan fingerprint density at radius 1 is 1.18 bits per heavy atom. The van der Waals surface area contributed by atoms with E-state index in [0.29, 0.717) is 0 Å². The number of carbonyl (C=O) groups is 1. The molecular weight excluding hydrogens is 214 g/mol. The van der Waals surface area contributed by atoms with Gasteiger partial charge in [0.1, 0.15) is 6.04 Å². The van der Waals surface area contributed by atoms with E-state index >= 15 is 0 Å². The Hall–Kier alpha value is -2.36. The third-order valence-corrected chi connectivity index (χ3v) is 2.76. The van der Waals surface area contributed by atoms with E-state index in [1.165, 1.54) is 0 Å². The SMILES string of the molecule is O=C1Nc2ccccc2C1Nc1cccnc1. The van der Waals surface area contributed by atoms with Crippen molar-refractivity contribution < 1.29 is 4.79 Å². The van der Waals surface area contributed by atoms with E-state index in [1.807, 2.05) is 36.4 Å². The first-order chi connectivity index (χ1) is 8.34. The summed E-state index contributed by atoms with van der Waals surface area (Å²) in [5, 5.41) is 6.02. The molecule has 4 heteroatoms. The van der Waals surface area contributed by atoms with Crippen LogP contribution in [0.3, 0.4) is 0 Å². The molecule has 1 aromatic heterocycles. The predicted octanol–water partition coefficient (Wildman–Crippen LogP) is 2.19. The lowest BCUT2D eigenvalue weighted by molar-refractivity contribution is -0.116. The highest BCUT2D eigenvalue weighted by Gasteiger charge is 2.29. The van der Waals surface area contributed by atoms with E-state index < -0.39 is 0 Å². The van der Waals surface area contributed by atoms with Crippen molar-refractivity contribution in [3.63, 3.8) is 0 Å². The molecule has 2 aromatic rings. The summed E-state index contributed by atoms with van der Waals surface area (Å²) >= 11 is 0. The molecule has 0 saturated heterocycles. The number of hydrogen-bond acceptors (Lipinski definition) is 3. The number of anilines is 2. The molecule has 0 bridgehead atoms. The molecule has 1 atom stereocenters. The standard InChI is InChI=1S/C13H11N3O/c17-13-12(15-9-4-3-7-14-8-9)10-5-1-2-6-11(10)16-13/h1-8,12,15H,(H,16,17). The van der Waals surface area contributed by atoms with E-state index in [-0.39, 0.29) is 11.9 Å². The van der Waals surface area contributed by atoms with Crippen molar-refractivity contribution in [2.24, 2.45) is 0 Å². The van der Waals surface area contributed by atoms with Gasteiger partial charge in [0, 0.05) is 23.6 Å². The molecule has 1 aliphatic rings. The number of nitrogens with zero attached hydrogens (tertiary/aromatic N) is 1. The van der Waals surface area contributed by atoms with Crippen molar-refractivity contribution >= 4 is 17.3 Å². The Bertz CT molecular complexity index is 554. The topological polar surface area (TPSA) is 54.0 Å². The zero-order valence-corrected chi connectivity index (χ0v) is 9.05. The van der Waals surface area contributed by atoms with Gasteiger partial charge in [0.15, 0.2) is 0 Å². The minimum atomic E-state index is -0.338. The van der Waals surface area contributed by atoms with Crippen LogP contribution in [0, 0.1) is 0 Å². The molecule has 2 N–H and O–H groups in total. The van der Waals surface area contributed by atoms with Crippen molar-refractivity contribution in [1.82, 2.24) is 4.98 Å². The summed E-state index contributed by atoms with van der Waals surface area (Å²) in [5.74, 6) is -0.0324. The summed E-state index contributed by atoms with van der Waals surface area (Å²) in [6.45, 7) is 0. The Morgan fingerprint density at radius 3 is 2.88 bits per heavy atom. The van der Waals surface area contributed by atoms with Gasteiger partial charge < -0.3 is 10.6 Å². The largest absolute Gasteiger partial charge is 0.369 e. The highest BCUT2D eigenvalue weighted by atomic mass is 16.2. The van der Waals surface area contributed by atoms with Crippen LogP contribution in [-0.4, -0.2) is 10.9 Å². The van der Waals surface area contributed by atoms with Gasteiger partial charge in [-0.25, -0.2) is 0 Å². The fourth-order valence-electron chi connectivity index (χ4n) is 1.97. The van der Waals surface area contributed by atoms with Gasteiger partial charge >= 0.3 is 0 Å². The summed E-state index contributed by atoms with van der Waals surface area (Å²) in [6, 6.07) is 11.1. The lowest BCUT2D eigenvalue weighted by Gasteiger charge is -2.12. The molecule has 84 valence electrons. The Labute approximate surface area is 98.7 Å². The van der Waals surface area contributed by atoms with Gasteiger partial charge in [-0.3, -0.25) is 9.78 Å². The van der Waals surface area contributed by atoms with Crippen molar-refractivity contribution in [2.75, 3.05) is 10.6 Å². The number of carbonyl (C=O) groups excluding carboxylic acids is 1. The molecule has 4 nitrogen and oxygen atoms in total. The second-order valence-corrected chi connectivity index (χ2v) is 3.90. The Morgan fingerprint density at radius 2 is 2.06 bits per heavy atom. The van der Waals surface area contributed by atoms with Gasteiger partial charge in [-0.1, -0.05) is 18.2 Å². The van der Waals surface area contributed by atoms with Crippen LogP contribution in [0.4, 0.5) is 11.4 Å². The van der Waals surface area contributed by atoms with Crippen LogP contribution in [0.25, 0.3) is 0 Å². The molecule has 0 radical (unpaired) electrons. The summed E-state index contributed by atoms with van der Waals surface area (Å²) in [4.78, 5) is 15.9. The van der Waals surface area contributed by atoms with Crippen molar-refractivity contribution in [3.8, 4) is 0 Å². The zero-order chi connectivity index (χ0) is 11.7. The molecule has 1 aromatic carbocycles. The molecule has 0 spiro atoms. The number of para-hydroxylation sites is 1. The average Bonchev–Trinajstić information content (AvgIpc) is 2.68. The maximum atomic E-state index is 11.8. The third-order valence-electron chi connectivity index (χ3n) is 2.76. The number of pyridine rings is 1. The number of nitrogens with one attached hydrogen (secondary N) is 2. The molecule has 17 heavy (non-hydrogen) atoms. The van der Waals surface area contributed by atoms with Gasteiger partial charge in [0.2, 0.25) is 0 Å². The minimum Gasteiger partial charge on any atom is -0.369 e. The van der Waals surface area contributed by atoms with Gasteiger partial charge in [0.05, 0.1) is 5.69 Å². The van der Waals surface area contributed by atoms with Crippen LogP contribution in [-0.2, 0) is 4.79 Å². The molecule has 1 aliphatic heterocycles. The van der Waals surface area contributed by atoms with E-state index in [4.69, 9.17) is 0 Å². The molecule has 0 saturated carbocycles. The van der Waals surface area contributed by atoms with Crippen molar-refractivity contribution in [3.05, 3.63) is 54.4 Å². The lowest BCUT2D eigenvalue weighted by atomic mass is 10.1. The van der Waals surface area contributed by atoms with Gasteiger partial charge in [-0.15, -0.1) is 0 Å². The molecule has 1 amide bonds. The molecule has 1 unspecified atom stereocenters. The maximum absolute atomic E-state index is 11.8. The van der Waals surface area contributed by atoms with E-state index in [1.54, 1.807) is 12.4 Å². The van der Waals surface area contributed by atoms with Crippen LogP contribution < -0.4 is 10.6 Å². The Kier molecular flexibility index (Phi) is 2.26. The van der Waals surface area contributed by atoms with Crippen LogP contribution in [0.15, 0.2) is 48.8 Å². The van der Waals surface area contributed by atoms with Crippen LogP contribution in [0.5, 0.6) is 0 Å². The lowest BCUT2D eigenvalue weighted by Crippen LogP contribution is -2.19. The first kappa shape index (κ1) is 9.84. The van der Waals surface area contributed by atoms with Crippen molar-refractivity contribution in [1.29, 1.82) is 0 Å². The van der Waals surface area contributed by atoms with Gasteiger partial charge in [-0.2, -0.15) is 0 Å². The van der Waals surface area contributed by atoms with Crippen LogP contribution in [0.1, 0.15) is 11.6 Å². The third kappa shape index (κ3) is 1.73. The Balaban J connectivity index is 1.92. The quantitative estimate of drug-likeness (QED) is 0.823. The minimum absolute atomic E-state index is 0.0324. The number of rotatable bonds is 2. The number of hydrogen-bond donors (Lipinski definition) is 2. The molecule has 2 heterocycles. The summed E-state index contributed by atoms with van der Waals surface area (Å²) in [5.41, 5.74) is 2.68. The smallest absolute Gasteiger partial charge is 0.251 e. The summed E-state index contributed by atoms with van der Waals surface area (Å²) in [6.07, 6.45) is 3.40. The van der Waals surface area contributed by atoms with Crippen LogP contribution >= 0.6 is 0 Å². The first-order valence-corrected chi connectivity index (χ1v) is 5.41. The van der Waals surface area contributed by atoms with E-state index in [0.717, 1.165) is 16.9 Å². The maximum Gasteiger partial charge on any atom is 0.251 e. The highest BCUT2D eigenvalue weighted by molar-refractivity contribution is 6.04. The summed E-state index contributed by atoms with van der Waals surface area (Å²) in [7, 11) is 0. The second kappa shape index (κ2) is 3.90. The molecule has 3 rings (SSSR count).